The molecule has 25 heavy (non-hydrogen) atoms. The molecule has 2 heterocycles. The van der Waals surface area contributed by atoms with Crippen molar-refractivity contribution < 1.29 is 4.79 Å². The average Bonchev–Trinajstić information content (AvgIpc) is 3.28. The van der Waals surface area contributed by atoms with Crippen LogP contribution < -0.4 is 0 Å². The molecule has 4 heteroatoms. The Bertz CT molecular complexity index is 897. The summed E-state index contributed by atoms with van der Waals surface area (Å²) in [6, 6.07) is 16.5. The molecule has 128 valence electrons. The predicted molar refractivity (Wildman–Crippen MR) is 99.3 cm³/mol. The van der Waals surface area contributed by atoms with Crippen LogP contribution in [0.25, 0.3) is 11.0 Å². The van der Waals surface area contributed by atoms with Crippen molar-refractivity contribution in [1.29, 1.82) is 0 Å². The van der Waals surface area contributed by atoms with Gasteiger partial charge in [-0.15, -0.1) is 0 Å². The molecule has 0 N–H and O–H groups in total. The zero-order valence-corrected chi connectivity index (χ0v) is 14.7. The van der Waals surface area contributed by atoms with Gasteiger partial charge in [0.1, 0.15) is 6.04 Å². The Labute approximate surface area is 148 Å². The zero-order valence-electron chi connectivity index (χ0n) is 14.7. The number of aromatic nitrogens is 2. The molecule has 2 aromatic carbocycles. The van der Waals surface area contributed by atoms with E-state index in [9.17, 15) is 4.79 Å². The summed E-state index contributed by atoms with van der Waals surface area (Å²) in [4.78, 5) is 19.7. The van der Waals surface area contributed by atoms with Gasteiger partial charge in [-0.3, -0.25) is 4.79 Å². The number of nitrogens with zero attached hydrogens (tertiary/aromatic N) is 3. The highest BCUT2D eigenvalue weighted by molar-refractivity contribution is 5.84. The second kappa shape index (κ2) is 6.36. The van der Waals surface area contributed by atoms with Crippen LogP contribution in [-0.2, 0) is 4.79 Å². The van der Waals surface area contributed by atoms with E-state index in [4.69, 9.17) is 0 Å². The predicted octanol–water partition coefficient (Wildman–Crippen LogP) is 4.27. The molecule has 1 saturated heterocycles. The molecule has 4 nitrogen and oxygen atoms in total. The fourth-order valence-electron chi connectivity index (χ4n) is 3.81. The van der Waals surface area contributed by atoms with Crippen LogP contribution in [0.1, 0.15) is 43.0 Å². The number of fused-ring (bicyclic) bond motifs is 1. The molecule has 1 amide bonds. The van der Waals surface area contributed by atoms with Crippen LogP contribution >= 0.6 is 0 Å². The quantitative estimate of drug-likeness (QED) is 0.718. The summed E-state index contributed by atoms with van der Waals surface area (Å²) >= 11 is 0. The second-order valence-corrected chi connectivity index (χ2v) is 6.92. The van der Waals surface area contributed by atoms with Crippen LogP contribution in [0.4, 0.5) is 0 Å². The number of para-hydroxylation sites is 2. The van der Waals surface area contributed by atoms with Gasteiger partial charge in [0.15, 0.2) is 0 Å². The Morgan fingerprint density at radius 3 is 2.72 bits per heavy atom. The van der Waals surface area contributed by atoms with E-state index in [1.54, 1.807) is 6.33 Å². The SMILES string of the molecule is Cc1ccc([C@H]2CCCN2C(=O)[C@@H](C)n2cnc3ccccc32)cc1. The van der Waals surface area contributed by atoms with E-state index in [1.807, 2.05) is 40.7 Å². The van der Waals surface area contributed by atoms with E-state index < -0.39 is 0 Å². The Hall–Kier alpha value is -2.62. The van der Waals surface area contributed by atoms with Crippen LogP contribution in [0.5, 0.6) is 0 Å². The van der Waals surface area contributed by atoms with Crippen LogP contribution in [0, 0.1) is 6.92 Å². The lowest BCUT2D eigenvalue weighted by Crippen LogP contribution is -2.35. The molecule has 1 aromatic heterocycles. The minimum atomic E-state index is -0.251. The Kier molecular flexibility index (Phi) is 4.04. The first-order chi connectivity index (χ1) is 12.1. The van der Waals surface area contributed by atoms with Crippen molar-refractivity contribution in [2.75, 3.05) is 6.54 Å². The summed E-state index contributed by atoms with van der Waals surface area (Å²) < 4.78 is 1.99. The minimum absolute atomic E-state index is 0.172. The van der Waals surface area contributed by atoms with E-state index in [2.05, 4.69) is 36.2 Å². The second-order valence-electron chi connectivity index (χ2n) is 6.92. The molecule has 1 fully saturated rings. The lowest BCUT2D eigenvalue weighted by Gasteiger charge is -2.28. The van der Waals surface area contributed by atoms with E-state index in [-0.39, 0.29) is 18.0 Å². The summed E-state index contributed by atoms with van der Waals surface area (Å²) in [5.74, 6) is 0.172. The largest absolute Gasteiger partial charge is 0.334 e. The van der Waals surface area contributed by atoms with Gasteiger partial charge < -0.3 is 9.47 Å². The number of amides is 1. The summed E-state index contributed by atoms with van der Waals surface area (Å²) in [6.07, 6.45) is 3.87. The van der Waals surface area contributed by atoms with Gasteiger partial charge in [0.2, 0.25) is 5.91 Å². The molecule has 0 unspecified atom stereocenters. The van der Waals surface area contributed by atoms with Crippen molar-refractivity contribution in [3.05, 3.63) is 66.0 Å². The zero-order chi connectivity index (χ0) is 17.4. The van der Waals surface area contributed by atoms with Crippen molar-refractivity contribution in [1.82, 2.24) is 14.5 Å². The number of hydrogen-bond donors (Lipinski definition) is 0. The highest BCUT2D eigenvalue weighted by Gasteiger charge is 2.33. The maximum Gasteiger partial charge on any atom is 0.245 e. The van der Waals surface area contributed by atoms with Gasteiger partial charge in [0.25, 0.3) is 0 Å². The molecular weight excluding hydrogens is 310 g/mol. The van der Waals surface area contributed by atoms with Crippen LogP contribution in [-0.4, -0.2) is 26.9 Å². The summed E-state index contributed by atoms with van der Waals surface area (Å²) in [7, 11) is 0. The van der Waals surface area contributed by atoms with Gasteiger partial charge >= 0.3 is 0 Å². The van der Waals surface area contributed by atoms with Crippen molar-refractivity contribution in [2.24, 2.45) is 0 Å². The van der Waals surface area contributed by atoms with Gasteiger partial charge in [0.05, 0.1) is 23.4 Å². The summed E-state index contributed by atoms with van der Waals surface area (Å²) in [5.41, 5.74) is 4.42. The van der Waals surface area contributed by atoms with Gasteiger partial charge in [-0.25, -0.2) is 4.98 Å². The fraction of sp³-hybridized carbons (Fsp3) is 0.333. The first-order valence-corrected chi connectivity index (χ1v) is 8.94. The smallest absolute Gasteiger partial charge is 0.245 e. The standard InChI is InChI=1S/C21H23N3O/c1-15-9-11-17(12-10-15)19-8-5-13-23(19)21(25)16(2)24-14-22-18-6-3-4-7-20(18)24/h3-4,6-7,9-12,14,16,19H,5,8,13H2,1-2H3/t16-,19-/m1/s1. The van der Waals surface area contributed by atoms with Crippen LogP contribution in [0.2, 0.25) is 0 Å². The third-order valence-electron chi connectivity index (χ3n) is 5.25. The fourth-order valence-corrected chi connectivity index (χ4v) is 3.81. The van der Waals surface area contributed by atoms with Gasteiger partial charge in [0, 0.05) is 6.54 Å². The molecule has 0 radical (unpaired) electrons. The van der Waals surface area contributed by atoms with Crippen molar-refractivity contribution in [2.45, 2.75) is 38.8 Å². The monoisotopic (exact) mass is 333 g/mol. The molecule has 0 spiro atoms. The first kappa shape index (κ1) is 15.9. The van der Waals surface area contributed by atoms with Crippen molar-refractivity contribution in [3.8, 4) is 0 Å². The van der Waals surface area contributed by atoms with Gasteiger partial charge in [-0.05, 0) is 44.4 Å². The number of carbonyl (C=O) groups excluding carboxylic acids is 1. The minimum Gasteiger partial charge on any atom is -0.334 e. The average molecular weight is 333 g/mol. The lowest BCUT2D eigenvalue weighted by molar-refractivity contribution is -0.135. The third-order valence-corrected chi connectivity index (χ3v) is 5.25. The highest BCUT2D eigenvalue weighted by atomic mass is 16.2. The van der Waals surface area contributed by atoms with E-state index in [0.717, 1.165) is 30.4 Å². The van der Waals surface area contributed by atoms with E-state index in [1.165, 1.54) is 11.1 Å². The van der Waals surface area contributed by atoms with Gasteiger partial charge in [-0.2, -0.15) is 0 Å². The molecule has 0 aliphatic carbocycles. The number of carbonyl (C=O) groups is 1. The topological polar surface area (TPSA) is 38.1 Å². The summed E-state index contributed by atoms with van der Waals surface area (Å²) in [5, 5.41) is 0. The molecule has 2 atom stereocenters. The highest BCUT2D eigenvalue weighted by Crippen LogP contribution is 2.34. The third kappa shape index (κ3) is 2.82. The molecule has 4 rings (SSSR count). The number of rotatable bonds is 3. The first-order valence-electron chi connectivity index (χ1n) is 8.94. The molecular formula is C21H23N3O. The normalized spacial score (nSPS) is 18.6. The maximum atomic E-state index is 13.2. The van der Waals surface area contributed by atoms with Gasteiger partial charge in [-0.1, -0.05) is 42.0 Å². The molecule has 3 aromatic rings. The lowest BCUT2D eigenvalue weighted by atomic mass is 10.0. The Morgan fingerprint density at radius 2 is 1.92 bits per heavy atom. The van der Waals surface area contributed by atoms with E-state index >= 15 is 0 Å². The van der Waals surface area contributed by atoms with Crippen LogP contribution in [0.15, 0.2) is 54.9 Å². The van der Waals surface area contributed by atoms with Crippen molar-refractivity contribution in [3.63, 3.8) is 0 Å². The number of benzene rings is 2. The Morgan fingerprint density at radius 1 is 1.16 bits per heavy atom. The molecule has 0 bridgehead atoms. The molecule has 0 saturated carbocycles. The number of imidazole rings is 1. The van der Waals surface area contributed by atoms with Crippen LogP contribution in [0.3, 0.4) is 0 Å². The van der Waals surface area contributed by atoms with E-state index in [0.29, 0.717) is 0 Å². The molecule has 1 aliphatic rings. The number of hydrogen-bond acceptors (Lipinski definition) is 2. The van der Waals surface area contributed by atoms with Crippen molar-refractivity contribution >= 4 is 16.9 Å². The summed E-state index contributed by atoms with van der Waals surface area (Å²) in [6.45, 7) is 4.89. The molecule has 1 aliphatic heterocycles. The Balaban J connectivity index is 1.61. The number of likely N-dealkylation sites (tertiary alicyclic amines) is 1. The maximum absolute atomic E-state index is 13.2. The number of aryl methyl sites for hydroxylation is 1.